The van der Waals surface area contributed by atoms with E-state index in [0.29, 0.717) is 17.2 Å². The molecule has 1 aromatic carbocycles. The summed E-state index contributed by atoms with van der Waals surface area (Å²) in [6, 6.07) is 2.37. The first kappa shape index (κ1) is 7.91. The van der Waals surface area contributed by atoms with Gasteiger partial charge in [-0.05, 0) is 12.1 Å². The fourth-order valence-electron chi connectivity index (χ4n) is 1.26. The molecular weight excluding hydrogens is 176 g/mol. The molecular formula is C9H5F2NO. The van der Waals surface area contributed by atoms with Gasteiger partial charge in [-0.3, -0.25) is 4.79 Å². The van der Waals surface area contributed by atoms with E-state index in [4.69, 9.17) is 0 Å². The van der Waals surface area contributed by atoms with Crippen LogP contribution in [0.25, 0.3) is 10.9 Å². The number of rotatable bonds is 1. The van der Waals surface area contributed by atoms with Crippen LogP contribution in [-0.4, -0.2) is 11.3 Å². The van der Waals surface area contributed by atoms with Gasteiger partial charge in [0.15, 0.2) is 17.9 Å². The van der Waals surface area contributed by atoms with E-state index < -0.39 is 11.6 Å². The van der Waals surface area contributed by atoms with Crippen molar-refractivity contribution in [3.63, 3.8) is 0 Å². The lowest BCUT2D eigenvalue weighted by molar-refractivity contribution is 0.112. The second-order valence-corrected chi connectivity index (χ2v) is 2.65. The van der Waals surface area contributed by atoms with E-state index in [1.165, 1.54) is 12.3 Å². The number of hydrogen-bond donors (Lipinski definition) is 1. The minimum absolute atomic E-state index is 0.0297. The van der Waals surface area contributed by atoms with Gasteiger partial charge in [-0.1, -0.05) is 0 Å². The predicted octanol–water partition coefficient (Wildman–Crippen LogP) is 2.26. The van der Waals surface area contributed by atoms with E-state index in [9.17, 15) is 13.6 Å². The zero-order valence-corrected chi connectivity index (χ0v) is 6.47. The maximum Gasteiger partial charge on any atom is 0.182 e. The molecule has 0 bridgehead atoms. The maximum absolute atomic E-state index is 13.0. The van der Waals surface area contributed by atoms with Gasteiger partial charge in [0.05, 0.1) is 5.52 Å². The van der Waals surface area contributed by atoms with Gasteiger partial charge in [0.2, 0.25) is 0 Å². The molecule has 0 aliphatic carbocycles. The van der Waals surface area contributed by atoms with Crippen LogP contribution in [0.1, 0.15) is 10.4 Å². The van der Waals surface area contributed by atoms with Crippen LogP contribution in [0.15, 0.2) is 18.3 Å². The highest BCUT2D eigenvalue weighted by Crippen LogP contribution is 2.21. The highest BCUT2D eigenvalue weighted by Gasteiger charge is 2.10. The molecule has 66 valence electrons. The number of carbonyl (C=O) groups is 1. The number of aldehydes is 1. The monoisotopic (exact) mass is 181 g/mol. The minimum Gasteiger partial charge on any atom is -0.358 e. The third-order valence-electron chi connectivity index (χ3n) is 1.90. The number of benzene rings is 1. The molecule has 0 unspecified atom stereocenters. The molecule has 0 spiro atoms. The van der Waals surface area contributed by atoms with Crippen molar-refractivity contribution in [2.75, 3.05) is 0 Å². The molecule has 2 aromatic rings. The van der Waals surface area contributed by atoms with E-state index in [-0.39, 0.29) is 5.52 Å². The predicted molar refractivity (Wildman–Crippen MR) is 43.6 cm³/mol. The summed E-state index contributed by atoms with van der Waals surface area (Å²) in [5, 5.41) is 0.397. The summed E-state index contributed by atoms with van der Waals surface area (Å²) in [4.78, 5) is 12.9. The van der Waals surface area contributed by atoms with Gasteiger partial charge >= 0.3 is 0 Å². The normalized spacial score (nSPS) is 10.6. The molecule has 0 saturated carbocycles. The standard InChI is InChI=1S/C9H5F2NO/c10-7-2-1-6-5(4-13)3-12-9(6)8(7)11/h1-4,12H. The Kier molecular flexibility index (Phi) is 1.62. The Morgan fingerprint density at radius 3 is 2.77 bits per heavy atom. The molecule has 1 heterocycles. The van der Waals surface area contributed by atoms with Gasteiger partial charge in [0.1, 0.15) is 0 Å². The summed E-state index contributed by atoms with van der Waals surface area (Å²) in [5.74, 6) is -1.88. The average Bonchev–Trinajstić information content (AvgIpc) is 2.55. The number of fused-ring (bicyclic) bond motifs is 1. The molecule has 4 heteroatoms. The van der Waals surface area contributed by atoms with E-state index in [2.05, 4.69) is 4.98 Å². The van der Waals surface area contributed by atoms with Gasteiger partial charge in [0, 0.05) is 17.1 Å². The number of halogens is 2. The maximum atomic E-state index is 13.0. The molecule has 2 nitrogen and oxygen atoms in total. The van der Waals surface area contributed by atoms with Gasteiger partial charge in [-0.25, -0.2) is 8.78 Å². The van der Waals surface area contributed by atoms with Gasteiger partial charge < -0.3 is 4.98 Å². The molecule has 0 atom stereocenters. The number of aromatic nitrogens is 1. The van der Waals surface area contributed by atoms with Crippen molar-refractivity contribution in [2.45, 2.75) is 0 Å². The van der Waals surface area contributed by atoms with Crippen molar-refractivity contribution in [3.05, 3.63) is 35.5 Å². The number of H-pyrrole nitrogens is 1. The second kappa shape index (κ2) is 2.65. The number of aromatic amines is 1. The Morgan fingerprint density at radius 1 is 1.31 bits per heavy atom. The Bertz CT molecular complexity index is 476. The van der Waals surface area contributed by atoms with Gasteiger partial charge in [0.25, 0.3) is 0 Å². The van der Waals surface area contributed by atoms with Crippen molar-refractivity contribution < 1.29 is 13.6 Å². The fourth-order valence-corrected chi connectivity index (χ4v) is 1.26. The number of carbonyl (C=O) groups excluding carboxylic acids is 1. The Hall–Kier alpha value is -1.71. The highest BCUT2D eigenvalue weighted by atomic mass is 19.2. The fraction of sp³-hybridized carbons (Fsp3) is 0. The quantitative estimate of drug-likeness (QED) is 0.672. The van der Waals surface area contributed by atoms with Crippen LogP contribution < -0.4 is 0 Å². The van der Waals surface area contributed by atoms with Crippen LogP contribution in [0.5, 0.6) is 0 Å². The van der Waals surface area contributed by atoms with Crippen LogP contribution in [0, 0.1) is 11.6 Å². The molecule has 13 heavy (non-hydrogen) atoms. The third kappa shape index (κ3) is 1.02. The van der Waals surface area contributed by atoms with Crippen LogP contribution in [0.4, 0.5) is 8.78 Å². The molecule has 0 fully saturated rings. The van der Waals surface area contributed by atoms with E-state index in [0.717, 1.165) is 6.07 Å². The van der Waals surface area contributed by atoms with Crippen molar-refractivity contribution in [3.8, 4) is 0 Å². The summed E-state index contributed by atoms with van der Waals surface area (Å²) in [5.41, 5.74) is 0.357. The van der Waals surface area contributed by atoms with Crippen LogP contribution in [0.2, 0.25) is 0 Å². The van der Waals surface area contributed by atoms with Crippen LogP contribution in [0.3, 0.4) is 0 Å². The Labute approximate surface area is 72.2 Å². The smallest absolute Gasteiger partial charge is 0.182 e. The van der Waals surface area contributed by atoms with Crippen molar-refractivity contribution in [2.24, 2.45) is 0 Å². The SMILES string of the molecule is O=Cc1c[nH]c2c(F)c(F)ccc12. The lowest BCUT2D eigenvalue weighted by atomic mass is 10.2. The summed E-state index contributed by atoms with van der Waals surface area (Å²) < 4.78 is 25.7. The van der Waals surface area contributed by atoms with Gasteiger partial charge in [-0.2, -0.15) is 0 Å². The van der Waals surface area contributed by atoms with Crippen LogP contribution >= 0.6 is 0 Å². The summed E-state index contributed by atoms with van der Waals surface area (Å²) >= 11 is 0. The second-order valence-electron chi connectivity index (χ2n) is 2.65. The van der Waals surface area contributed by atoms with E-state index >= 15 is 0 Å². The Morgan fingerprint density at radius 2 is 2.08 bits per heavy atom. The highest BCUT2D eigenvalue weighted by molar-refractivity contribution is 5.97. The molecule has 1 aromatic heterocycles. The van der Waals surface area contributed by atoms with Crippen molar-refractivity contribution in [1.29, 1.82) is 0 Å². The van der Waals surface area contributed by atoms with Gasteiger partial charge in [-0.15, -0.1) is 0 Å². The number of hydrogen-bond acceptors (Lipinski definition) is 1. The first-order valence-electron chi connectivity index (χ1n) is 3.64. The first-order valence-corrected chi connectivity index (χ1v) is 3.64. The molecule has 2 rings (SSSR count). The van der Waals surface area contributed by atoms with Crippen molar-refractivity contribution in [1.82, 2.24) is 4.98 Å². The topological polar surface area (TPSA) is 32.9 Å². The largest absolute Gasteiger partial charge is 0.358 e. The summed E-state index contributed by atoms with van der Waals surface area (Å²) in [7, 11) is 0. The summed E-state index contributed by atoms with van der Waals surface area (Å²) in [6.45, 7) is 0. The molecule has 0 amide bonds. The lowest BCUT2D eigenvalue weighted by Crippen LogP contribution is -1.84. The molecule has 1 N–H and O–H groups in total. The Balaban J connectivity index is 2.88. The lowest BCUT2D eigenvalue weighted by Gasteiger charge is -1.94. The third-order valence-corrected chi connectivity index (χ3v) is 1.90. The van der Waals surface area contributed by atoms with E-state index in [1.807, 2.05) is 0 Å². The number of nitrogens with one attached hydrogen (secondary N) is 1. The minimum atomic E-state index is -0.953. The van der Waals surface area contributed by atoms with E-state index in [1.54, 1.807) is 0 Å². The van der Waals surface area contributed by atoms with Crippen LogP contribution in [-0.2, 0) is 0 Å². The zero-order chi connectivity index (χ0) is 9.42. The zero-order valence-electron chi connectivity index (χ0n) is 6.47. The molecule has 0 radical (unpaired) electrons. The molecule has 0 aliphatic heterocycles. The first-order chi connectivity index (χ1) is 6.24. The average molecular weight is 181 g/mol. The molecule has 0 saturated heterocycles. The summed E-state index contributed by atoms with van der Waals surface area (Å²) in [6.07, 6.45) is 1.94. The molecule has 0 aliphatic rings. The van der Waals surface area contributed by atoms with Crippen molar-refractivity contribution >= 4 is 17.2 Å².